The van der Waals surface area contributed by atoms with E-state index in [9.17, 15) is 4.39 Å². The lowest BCUT2D eigenvalue weighted by Crippen LogP contribution is -1.95. The first kappa shape index (κ1) is 8.36. The second-order valence-electron chi connectivity index (χ2n) is 1.37. The fourth-order valence-corrected chi connectivity index (χ4v) is 0.642. The molecule has 1 atom stereocenters. The van der Waals surface area contributed by atoms with Crippen molar-refractivity contribution in [3.63, 3.8) is 0 Å². The third kappa shape index (κ3) is 4.52. The van der Waals surface area contributed by atoms with Gasteiger partial charge in [-0.25, -0.2) is 4.39 Å². The topological polar surface area (TPSA) is 20.2 Å². The van der Waals surface area contributed by atoms with Crippen molar-refractivity contribution in [2.45, 2.75) is 19.7 Å². The Morgan fingerprint density at radius 1 is 2.00 bits per heavy atom. The van der Waals surface area contributed by atoms with E-state index in [0.29, 0.717) is 0 Å². The van der Waals surface area contributed by atoms with Crippen LogP contribution in [0.1, 0.15) is 13.3 Å². The molecule has 0 amide bonds. The summed E-state index contributed by atoms with van der Waals surface area (Å²) in [6.45, 7) is 1.81. The molecule has 1 nitrogen and oxygen atoms in total. The first-order valence-corrected chi connectivity index (χ1v) is 3.37. The van der Waals surface area contributed by atoms with Crippen LogP contribution in [0.25, 0.3) is 0 Å². The highest BCUT2D eigenvalue weighted by atomic mass is 127. The van der Waals surface area contributed by atoms with Gasteiger partial charge in [-0.15, -0.1) is 0 Å². The van der Waals surface area contributed by atoms with Gasteiger partial charge in [0.15, 0.2) is 0 Å². The molecule has 0 radical (unpaired) electrons. The second-order valence-corrected chi connectivity index (χ2v) is 2.76. The Balaban J connectivity index is 3.39. The molecule has 0 aromatic rings. The molecule has 0 bridgehead atoms. The highest BCUT2D eigenvalue weighted by molar-refractivity contribution is 14.1. The van der Waals surface area contributed by atoms with Crippen molar-refractivity contribution in [2.24, 2.45) is 0 Å². The summed E-state index contributed by atoms with van der Waals surface area (Å²) < 4.78 is 12.5. The van der Waals surface area contributed by atoms with E-state index in [1.165, 1.54) is 0 Å². The molecule has 0 aliphatic rings. The maximum Gasteiger partial charge on any atom is 0.200 e. The van der Waals surface area contributed by atoms with Crippen LogP contribution in [0.15, 0.2) is 9.66 Å². The molecule has 0 rings (SSSR count). The zero-order valence-electron chi connectivity index (χ0n) is 4.56. The Bertz CT molecular complexity index is 90.4. The highest BCUT2D eigenvalue weighted by Crippen LogP contribution is 2.13. The minimum Gasteiger partial charge on any atom is -0.364 e. The molecule has 0 spiro atoms. The smallest absolute Gasteiger partial charge is 0.200 e. The highest BCUT2D eigenvalue weighted by Gasteiger charge is 1.99. The maximum absolute atomic E-state index is 11.6. The van der Waals surface area contributed by atoms with Crippen LogP contribution >= 0.6 is 22.6 Å². The number of aliphatic hydroxyl groups excluding tert-OH is 1. The number of alkyl halides is 1. The average Bonchev–Trinajstić information content (AvgIpc) is 1.65. The third-order valence-corrected chi connectivity index (χ3v) is 1.74. The fraction of sp³-hybridized carbons (Fsp3) is 0.600. The molecule has 0 saturated heterocycles. The van der Waals surface area contributed by atoms with Gasteiger partial charge in [0.1, 0.15) is 0 Å². The van der Waals surface area contributed by atoms with Crippen LogP contribution in [0.4, 0.5) is 4.39 Å². The minimum atomic E-state index is -1.70. The van der Waals surface area contributed by atoms with Crippen molar-refractivity contribution in [1.82, 2.24) is 0 Å². The zero-order chi connectivity index (χ0) is 6.57. The van der Waals surface area contributed by atoms with E-state index in [1.807, 2.05) is 29.5 Å². The molecule has 1 N–H and O–H groups in total. The van der Waals surface area contributed by atoms with Gasteiger partial charge in [0.05, 0.1) is 0 Å². The van der Waals surface area contributed by atoms with Crippen molar-refractivity contribution >= 4 is 22.6 Å². The summed E-state index contributed by atoms with van der Waals surface area (Å²) in [5.74, 6) is 0. The monoisotopic (exact) mass is 230 g/mol. The van der Waals surface area contributed by atoms with Gasteiger partial charge < -0.3 is 5.11 Å². The van der Waals surface area contributed by atoms with Crippen LogP contribution in [0.5, 0.6) is 0 Å². The van der Waals surface area contributed by atoms with Gasteiger partial charge >= 0.3 is 0 Å². The van der Waals surface area contributed by atoms with Crippen molar-refractivity contribution < 1.29 is 9.50 Å². The van der Waals surface area contributed by atoms with Gasteiger partial charge in [0.2, 0.25) is 6.36 Å². The first-order chi connectivity index (χ1) is 3.66. The van der Waals surface area contributed by atoms with Gasteiger partial charge in [0.25, 0.3) is 0 Å². The molecular formula is C5H8FIO. The van der Waals surface area contributed by atoms with Crippen molar-refractivity contribution in [1.29, 1.82) is 0 Å². The summed E-state index contributed by atoms with van der Waals surface area (Å²) in [7, 11) is 0. The van der Waals surface area contributed by atoms with Crippen LogP contribution in [0.3, 0.4) is 0 Å². The predicted octanol–water partition coefficient (Wildman–Crippen LogP) is 2.00. The Morgan fingerprint density at radius 3 is 2.62 bits per heavy atom. The number of hydrogen-bond acceptors (Lipinski definition) is 1. The van der Waals surface area contributed by atoms with E-state index in [4.69, 9.17) is 5.11 Å². The fourth-order valence-electron chi connectivity index (χ4n) is 0.279. The summed E-state index contributed by atoms with van der Waals surface area (Å²) in [6, 6.07) is 0. The Morgan fingerprint density at radius 2 is 2.50 bits per heavy atom. The number of halogens is 2. The van der Waals surface area contributed by atoms with E-state index < -0.39 is 6.36 Å². The van der Waals surface area contributed by atoms with Crippen LogP contribution in [-0.2, 0) is 0 Å². The molecule has 0 aliphatic heterocycles. The molecule has 0 heterocycles. The molecule has 0 aromatic heterocycles. The van der Waals surface area contributed by atoms with Crippen LogP contribution < -0.4 is 0 Å². The Kier molecular flexibility index (Phi) is 4.45. The molecule has 8 heavy (non-hydrogen) atoms. The number of aliphatic hydroxyl groups is 1. The van der Waals surface area contributed by atoms with Gasteiger partial charge in [0, 0.05) is 6.42 Å². The van der Waals surface area contributed by atoms with E-state index in [0.717, 1.165) is 3.58 Å². The number of rotatable bonds is 2. The second kappa shape index (κ2) is 4.26. The SMILES string of the molecule is CC=C(I)CC(O)F. The van der Waals surface area contributed by atoms with Crippen molar-refractivity contribution in [2.75, 3.05) is 0 Å². The third-order valence-electron chi connectivity index (χ3n) is 0.677. The predicted molar refractivity (Wildman–Crippen MR) is 39.5 cm³/mol. The lowest BCUT2D eigenvalue weighted by molar-refractivity contribution is 0.0450. The largest absolute Gasteiger partial charge is 0.364 e. The Labute approximate surface area is 61.7 Å². The summed E-state index contributed by atoms with van der Waals surface area (Å²) in [4.78, 5) is 0. The van der Waals surface area contributed by atoms with Crippen LogP contribution in [0.2, 0.25) is 0 Å². The van der Waals surface area contributed by atoms with Gasteiger partial charge in [-0.05, 0) is 33.1 Å². The van der Waals surface area contributed by atoms with Crippen LogP contribution in [0, 0.1) is 0 Å². The van der Waals surface area contributed by atoms with Gasteiger partial charge in [-0.2, -0.15) is 0 Å². The van der Waals surface area contributed by atoms with E-state index in [2.05, 4.69) is 0 Å². The van der Waals surface area contributed by atoms with Gasteiger partial charge in [-0.1, -0.05) is 6.08 Å². The molecule has 0 saturated carbocycles. The zero-order valence-corrected chi connectivity index (χ0v) is 6.72. The molecule has 48 valence electrons. The molecular weight excluding hydrogens is 222 g/mol. The molecule has 0 fully saturated rings. The molecule has 1 unspecified atom stereocenters. The van der Waals surface area contributed by atoms with E-state index in [1.54, 1.807) is 6.08 Å². The van der Waals surface area contributed by atoms with Crippen LogP contribution in [-0.4, -0.2) is 11.5 Å². The van der Waals surface area contributed by atoms with Crippen molar-refractivity contribution in [3.05, 3.63) is 9.66 Å². The minimum absolute atomic E-state index is 0.122. The summed E-state index contributed by atoms with van der Waals surface area (Å²) in [5.41, 5.74) is 0. The van der Waals surface area contributed by atoms with E-state index >= 15 is 0 Å². The number of hydrogen-bond donors (Lipinski definition) is 1. The lowest BCUT2D eigenvalue weighted by Gasteiger charge is -1.96. The summed E-state index contributed by atoms with van der Waals surface area (Å²) >= 11 is 1.98. The molecule has 3 heteroatoms. The average molecular weight is 230 g/mol. The summed E-state index contributed by atoms with van der Waals surface area (Å²) in [6.07, 6.45) is 0.193. The van der Waals surface area contributed by atoms with E-state index in [-0.39, 0.29) is 6.42 Å². The van der Waals surface area contributed by atoms with Gasteiger partial charge in [-0.3, -0.25) is 0 Å². The Hall–Kier alpha value is 0.360. The summed E-state index contributed by atoms with van der Waals surface area (Å²) in [5, 5.41) is 8.14. The molecule has 0 aromatic carbocycles. The quantitative estimate of drug-likeness (QED) is 0.719. The molecule has 0 aliphatic carbocycles. The number of allylic oxidation sites excluding steroid dienone is 1. The maximum atomic E-state index is 11.6. The lowest BCUT2D eigenvalue weighted by atomic mass is 10.4. The van der Waals surface area contributed by atoms with Crippen molar-refractivity contribution in [3.8, 4) is 0 Å². The first-order valence-electron chi connectivity index (χ1n) is 2.29. The standard InChI is InChI=1S/C5H8FIO/c1-2-4(7)3-5(6)8/h2,5,8H,3H2,1H3. The normalized spacial score (nSPS) is 16.2.